The van der Waals surface area contributed by atoms with Crippen molar-refractivity contribution in [2.24, 2.45) is 10.9 Å². The van der Waals surface area contributed by atoms with E-state index >= 15 is 0 Å². The lowest BCUT2D eigenvalue weighted by atomic mass is 9.88. The highest BCUT2D eigenvalue weighted by Gasteiger charge is 2.31. The first kappa shape index (κ1) is 20.4. The minimum Gasteiger partial charge on any atom is -0.505 e. The van der Waals surface area contributed by atoms with Crippen LogP contribution in [0.15, 0.2) is 23.2 Å². The van der Waals surface area contributed by atoms with Gasteiger partial charge in [0.05, 0.1) is 6.54 Å². The van der Waals surface area contributed by atoms with Crippen molar-refractivity contribution in [1.82, 2.24) is 15.5 Å². The summed E-state index contributed by atoms with van der Waals surface area (Å²) in [6.07, 6.45) is 6.54. The number of phenolic OH excluding ortho intramolecular Hbond substituents is 1. The second-order valence-corrected chi connectivity index (χ2v) is 7.73. The van der Waals surface area contributed by atoms with Crippen LogP contribution in [0.4, 0.5) is 4.39 Å². The van der Waals surface area contributed by atoms with E-state index in [0.717, 1.165) is 25.8 Å². The summed E-state index contributed by atoms with van der Waals surface area (Å²) >= 11 is 0. The molecule has 3 rings (SSSR count). The lowest BCUT2D eigenvalue weighted by Gasteiger charge is -2.26. The van der Waals surface area contributed by atoms with Gasteiger partial charge in [0, 0.05) is 31.6 Å². The fourth-order valence-corrected chi connectivity index (χ4v) is 4.02. The number of aliphatic imine (C=N–C) groups is 1. The maximum Gasteiger partial charge on any atom is 0.225 e. The van der Waals surface area contributed by atoms with Crippen LogP contribution in [0.1, 0.15) is 51.0 Å². The monoisotopic (exact) mass is 390 g/mol. The molecule has 1 heterocycles. The molecule has 1 aliphatic carbocycles. The van der Waals surface area contributed by atoms with E-state index in [1.807, 2.05) is 11.8 Å². The molecule has 6 nitrogen and oxygen atoms in total. The SMILES string of the molecule is CCNC(=NCc1ccc(O)c(F)c1)NC1CCN(C(=O)C2CCCCC2)C1. The minimum absolute atomic E-state index is 0.168. The van der Waals surface area contributed by atoms with E-state index in [4.69, 9.17) is 0 Å². The predicted octanol–water partition coefficient (Wildman–Crippen LogP) is 2.77. The topological polar surface area (TPSA) is 77.0 Å². The lowest BCUT2D eigenvalue weighted by molar-refractivity contribution is -0.135. The van der Waals surface area contributed by atoms with Gasteiger partial charge in [-0.1, -0.05) is 25.3 Å². The number of halogens is 1. The molecule has 28 heavy (non-hydrogen) atoms. The van der Waals surface area contributed by atoms with Crippen LogP contribution in [0, 0.1) is 11.7 Å². The molecule has 1 aromatic rings. The summed E-state index contributed by atoms with van der Waals surface area (Å²) < 4.78 is 13.5. The van der Waals surface area contributed by atoms with Crippen molar-refractivity contribution in [3.05, 3.63) is 29.6 Å². The molecule has 0 radical (unpaired) electrons. The fourth-order valence-electron chi connectivity index (χ4n) is 4.02. The largest absolute Gasteiger partial charge is 0.505 e. The fraction of sp³-hybridized carbons (Fsp3) is 0.619. The first-order chi connectivity index (χ1) is 13.6. The van der Waals surface area contributed by atoms with Crippen molar-refractivity contribution >= 4 is 11.9 Å². The number of aromatic hydroxyl groups is 1. The van der Waals surface area contributed by atoms with Crippen LogP contribution in [-0.4, -0.2) is 47.5 Å². The van der Waals surface area contributed by atoms with E-state index in [0.29, 0.717) is 37.1 Å². The summed E-state index contributed by atoms with van der Waals surface area (Å²) in [6, 6.07) is 4.46. The van der Waals surface area contributed by atoms with E-state index in [1.165, 1.54) is 31.4 Å². The molecule has 0 spiro atoms. The van der Waals surface area contributed by atoms with Gasteiger partial charge in [-0.15, -0.1) is 0 Å². The Morgan fingerprint density at radius 2 is 2.07 bits per heavy atom. The number of benzene rings is 1. The molecule has 2 fully saturated rings. The molecule has 2 aliphatic rings. The molecule has 1 saturated carbocycles. The second kappa shape index (κ2) is 9.75. The van der Waals surface area contributed by atoms with Crippen molar-refractivity contribution < 1.29 is 14.3 Å². The average Bonchev–Trinajstić information content (AvgIpc) is 3.17. The third-order valence-electron chi connectivity index (χ3n) is 5.57. The standard InChI is InChI=1S/C21H31FN4O2/c1-2-23-21(24-13-15-8-9-19(27)18(22)12-15)25-17-10-11-26(14-17)20(28)16-6-4-3-5-7-16/h8-9,12,16-17,27H,2-7,10-11,13-14H2,1H3,(H2,23,24,25). The Kier molecular flexibility index (Phi) is 7.12. The molecule has 1 saturated heterocycles. The number of phenols is 1. The van der Waals surface area contributed by atoms with Gasteiger partial charge in [-0.3, -0.25) is 4.79 Å². The number of nitrogens with zero attached hydrogens (tertiary/aromatic N) is 2. The Hall–Kier alpha value is -2.31. The molecule has 1 aromatic carbocycles. The molecule has 1 aliphatic heterocycles. The van der Waals surface area contributed by atoms with E-state index in [-0.39, 0.29) is 17.7 Å². The van der Waals surface area contributed by atoms with Crippen molar-refractivity contribution in [3.8, 4) is 5.75 Å². The number of rotatable bonds is 5. The van der Waals surface area contributed by atoms with Gasteiger partial charge in [0.1, 0.15) is 0 Å². The molecule has 1 amide bonds. The Balaban J connectivity index is 1.55. The van der Waals surface area contributed by atoms with E-state index < -0.39 is 5.82 Å². The highest BCUT2D eigenvalue weighted by Crippen LogP contribution is 2.26. The van der Waals surface area contributed by atoms with Crippen LogP contribution in [-0.2, 0) is 11.3 Å². The van der Waals surface area contributed by atoms with Gasteiger partial charge in [0.2, 0.25) is 5.91 Å². The van der Waals surface area contributed by atoms with Crippen molar-refractivity contribution in [1.29, 1.82) is 0 Å². The lowest BCUT2D eigenvalue weighted by Crippen LogP contribution is -2.45. The molecular formula is C21H31FN4O2. The predicted molar refractivity (Wildman–Crippen MR) is 108 cm³/mol. The molecule has 1 atom stereocenters. The number of likely N-dealkylation sites (tertiary alicyclic amines) is 1. The van der Waals surface area contributed by atoms with E-state index in [2.05, 4.69) is 15.6 Å². The molecular weight excluding hydrogens is 359 g/mol. The van der Waals surface area contributed by atoms with Gasteiger partial charge < -0.3 is 20.6 Å². The Labute approximate surface area is 166 Å². The minimum atomic E-state index is -0.640. The summed E-state index contributed by atoms with van der Waals surface area (Å²) in [6.45, 7) is 4.51. The zero-order valence-electron chi connectivity index (χ0n) is 16.6. The molecule has 3 N–H and O–H groups in total. The van der Waals surface area contributed by atoms with Crippen LogP contribution in [0.3, 0.4) is 0 Å². The molecule has 1 unspecified atom stereocenters. The number of nitrogens with one attached hydrogen (secondary N) is 2. The summed E-state index contributed by atoms with van der Waals surface area (Å²) in [4.78, 5) is 19.2. The number of hydrogen-bond donors (Lipinski definition) is 3. The van der Waals surface area contributed by atoms with Crippen LogP contribution in [0.25, 0.3) is 0 Å². The third kappa shape index (κ3) is 5.36. The van der Waals surface area contributed by atoms with Gasteiger partial charge in [-0.2, -0.15) is 0 Å². The molecule has 7 heteroatoms. The summed E-state index contributed by atoms with van der Waals surface area (Å²) in [5.74, 6) is 0.182. The Morgan fingerprint density at radius 1 is 1.29 bits per heavy atom. The van der Waals surface area contributed by atoms with Crippen molar-refractivity contribution in [2.75, 3.05) is 19.6 Å². The third-order valence-corrected chi connectivity index (χ3v) is 5.57. The Morgan fingerprint density at radius 3 is 2.79 bits per heavy atom. The van der Waals surface area contributed by atoms with Gasteiger partial charge in [-0.05, 0) is 43.9 Å². The molecule has 0 aromatic heterocycles. The Bertz CT molecular complexity index is 704. The number of amides is 1. The van der Waals surface area contributed by atoms with Gasteiger partial charge >= 0.3 is 0 Å². The maximum absolute atomic E-state index is 13.5. The quantitative estimate of drug-likeness (QED) is 0.534. The summed E-state index contributed by atoms with van der Waals surface area (Å²) in [7, 11) is 0. The maximum atomic E-state index is 13.5. The van der Waals surface area contributed by atoms with E-state index in [1.54, 1.807) is 6.07 Å². The average molecular weight is 391 g/mol. The molecule has 0 bridgehead atoms. The number of hydrogen-bond acceptors (Lipinski definition) is 3. The van der Waals surface area contributed by atoms with Crippen LogP contribution < -0.4 is 10.6 Å². The highest BCUT2D eigenvalue weighted by molar-refractivity contribution is 5.81. The summed E-state index contributed by atoms with van der Waals surface area (Å²) in [5, 5.41) is 15.9. The van der Waals surface area contributed by atoms with Crippen LogP contribution >= 0.6 is 0 Å². The van der Waals surface area contributed by atoms with Crippen molar-refractivity contribution in [3.63, 3.8) is 0 Å². The smallest absolute Gasteiger partial charge is 0.225 e. The van der Waals surface area contributed by atoms with Crippen molar-refractivity contribution in [2.45, 2.75) is 58.0 Å². The summed E-state index contributed by atoms with van der Waals surface area (Å²) in [5.41, 5.74) is 0.688. The zero-order valence-corrected chi connectivity index (χ0v) is 16.6. The van der Waals surface area contributed by atoms with Gasteiger partial charge in [0.15, 0.2) is 17.5 Å². The van der Waals surface area contributed by atoms with E-state index in [9.17, 15) is 14.3 Å². The number of carbonyl (C=O) groups excluding carboxylic acids is 1. The first-order valence-electron chi connectivity index (χ1n) is 10.4. The van der Waals surface area contributed by atoms with Crippen LogP contribution in [0.2, 0.25) is 0 Å². The zero-order chi connectivity index (χ0) is 19.9. The van der Waals surface area contributed by atoms with Gasteiger partial charge in [0.25, 0.3) is 0 Å². The normalized spacial score (nSPS) is 21.0. The van der Waals surface area contributed by atoms with Crippen LogP contribution in [0.5, 0.6) is 5.75 Å². The number of guanidine groups is 1. The van der Waals surface area contributed by atoms with Gasteiger partial charge in [-0.25, -0.2) is 9.38 Å². The molecule has 154 valence electrons. The highest BCUT2D eigenvalue weighted by atomic mass is 19.1. The number of carbonyl (C=O) groups is 1. The second-order valence-electron chi connectivity index (χ2n) is 7.73. The first-order valence-corrected chi connectivity index (χ1v) is 10.4.